The summed E-state index contributed by atoms with van der Waals surface area (Å²) in [4.78, 5) is 15.0. The summed E-state index contributed by atoms with van der Waals surface area (Å²) in [5.41, 5.74) is 3.00. The molecule has 4 nitrogen and oxygen atoms in total. The van der Waals surface area contributed by atoms with Gasteiger partial charge in [-0.15, -0.1) is 17.0 Å². The molecule has 1 aliphatic heterocycles. The fourth-order valence-electron chi connectivity index (χ4n) is 3.73. The summed E-state index contributed by atoms with van der Waals surface area (Å²) in [6, 6.07) is 7.01. The summed E-state index contributed by atoms with van der Waals surface area (Å²) in [7, 11) is 0. The summed E-state index contributed by atoms with van der Waals surface area (Å²) < 4.78 is 0. The van der Waals surface area contributed by atoms with E-state index in [0.29, 0.717) is 27.7 Å². The van der Waals surface area contributed by atoms with Crippen LogP contribution in [-0.2, 0) is 17.4 Å². The van der Waals surface area contributed by atoms with Gasteiger partial charge >= 0.3 is 0 Å². The van der Waals surface area contributed by atoms with Crippen molar-refractivity contribution in [3.63, 3.8) is 0 Å². The molecule has 1 aliphatic rings. The van der Waals surface area contributed by atoms with Crippen LogP contribution in [0.3, 0.4) is 0 Å². The van der Waals surface area contributed by atoms with Crippen molar-refractivity contribution in [2.45, 2.75) is 58.9 Å². The molecule has 0 aromatic heterocycles. The Morgan fingerprint density at radius 1 is 1.00 bits per heavy atom. The molecule has 2 aromatic rings. The lowest BCUT2D eigenvalue weighted by Crippen LogP contribution is -2.30. The minimum atomic E-state index is -0.315. The molecule has 3 rings (SSSR count). The number of phenolic OH excluding ortho intramolecular Hbond substituents is 1. The summed E-state index contributed by atoms with van der Waals surface area (Å²) in [6.07, 6.45) is 0. The van der Waals surface area contributed by atoms with Crippen LogP contribution >= 0.6 is 40.2 Å². The molecule has 2 aromatic carbocycles. The molecule has 0 atom stereocenters. The zero-order valence-corrected chi connectivity index (χ0v) is 21.9. The highest BCUT2D eigenvalue weighted by molar-refractivity contribution is 8.93. The highest BCUT2D eigenvalue weighted by atomic mass is 79.9. The molecule has 1 heterocycles. The number of carbonyl (C=O) groups is 1. The molecule has 2 N–H and O–H groups in total. The molecule has 0 saturated heterocycles. The van der Waals surface area contributed by atoms with Gasteiger partial charge < -0.3 is 10.0 Å². The van der Waals surface area contributed by atoms with E-state index in [1.165, 1.54) is 0 Å². The highest BCUT2D eigenvalue weighted by Crippen LogP contribution is 2.40. The topological polar surface area (TPSA) is 64.4 Å². The summed E-state index contributed by atoms with van der Waals surface area (Å²) >= 11 is 12.2. The van der Waals surface area contributed by atoms with Gasteiger partial charge in [-0.2, -0.15) is 0 Å². The Labute approximate surface area is 204 Å². The first kappa shape index (κ1) is 25.7. The number of nitrogens with zero attached hydrogens (tertiary/aromatic N) is 1. The Morgan fingerprint density at radius 2 is 1.48 bits per heavy atom. The van der Waals surface area contributed by atoms with Gasteiger partial charge in [0.25, 0.3) is 0 Å². The van der Waals surface area contributed by atoms with E-state index in [-0.39, 0.29) is 51.7 Å². The maximum absolute atomic E-state index is 13.2. The number of fused-ring (bicyclic) bond motifs is 1. The lowest BCUT2D eigenvalue weighted by molar-refractivity contribution is 0.0962. The number of Topliss-reactive ketones (excluding diaryl/α,β-unsaturated/α-hetero) is 1. The van der Waals surface area contributed by atoms with Crippen molar-refractivity contribution >= 4 is 51.8 Å². The van der Waals surface area contributed by atoms with Crippen molar-refractivity contribution in [1.82, 2.24) is 4.90 Å². The Bertz CT molecular complexity index is 1020. The Morgan fingerprint density at radius 3 is 1.97 bits per heavy atom. The van der Waals surface area contributed by atoms with Crippen LogP contribution in [0.1, 0.15) is 74.2 Å². The van der Waals surface area contributed by atoms with E-state index in [1.54, 1.807) is 29.2 Å². The smallest absolute Gasteiger partial charge is 0.182 e. The maximum atomic E-state index is 13.2. The average molecular weight is 528 g/mol. The first-order chi connectivity index (χ1) is 13.7. The minimum Gasteiger partial charge on any atom is -0.507 e. The van der Waals surface area contributed by atoms with Gasteiger partial charge in [-0.1, -0.05) is 64.7 Å². The highest BCUT2D eigenvalue weighted by Gasteiger charge is 2.30. The van der Waals surface area contributed by atoms with E-state index in [0.717, 1.165) is 16.7 Å². The normalized spacial score (nSPS) is 13.8. The molecule has 7 heteroatoms. The third-order valence-electron chi connectivity index (χ3n) is 5.46. The molecule has 31 heavy (non-hydrogen) atoms. The number of halogens is 3. The monoisotopic (exact) mass is 526 g/mol. The SMILES string of the molecule is Br.CC(C)(C)c1cc(C(=O)CN2Cc3cc(Cl)c(Cl)cc3C2=N)cc(C(C)(C)C)c1O. The summed E-state index contributed by atoms with van der Waals surface area (Å²) in [5.74, 6) is 0.417. The molecule has 0 fully saturated rings. The predicted molar refractivity (Wildman–Crippen MR) is 134 cm³/mol. The number of rotatable bonds is 3. The molecule has 0 saturated carbocycles. The second-order valence-electron chi connectivity index (χ2n) is 9.97. The van der Waals surface area contributed by atoms with Crippen molar-refractivity contribution in [1.29, 1.82) is 5.41 Å². The van der Waals surface area contributed by atoms with Gasteiger partial charge in [0.1, 0.15) is 11.6 Å². The largest absolute Gasteiger partial charge is 0.507 e. The van der Waals surface area contributed by atoms with Crippen molar-refractivity contribution in [3.05, 3.63) is 62.1 Å². The number of hydrogen-bond donors (Lipinski definition) is 2. The molecule has 0 amide bonds. The standard InChI is InChI=1S/C24H28Cl2N2O2.BrH/c1-23(2,3)16-7-13(8-17(21(16)30)24(4,5)6)20(29)12-28-11-14-9-18(25)19(26)10-15(14)22(28)27;/h7-10,27,30H,11-12H2,1-6H3;1H. The van der Waals surface area contributed by atoms with Gasteiger partial charge in [-0.25, -0.2) is 0 Å². The Balaban J connectivity index is 0.00000341. The van der Waals surface area contributed by atoms with Crippen LogP contribution < -0.4 is 0 Å². The molecule has 0 bridgehead atoms. The molecule has 168 valence electrons. The van der Waals surface area contributed by atoms with E-state index >= 15 is 0 Å². The molecular weight excluding hydrogens is 499 g/mol. The molecule has 0 unspecified atom stereocenters. The molecule has 0 radical (unpaired) electrons. The first-order valence-electron chi connectivity index (χ1n) is 9.93. The number of ketones is 1. The quantitative estimate of drug-likeness (QED) is 0.427. The van der Waals surface area contributed by atoms with Crippen LogP contribution in [0, 0.1) is 5.41 Å². The van der Waals surface area contributed by atoms with Crippen LogP contribution in [0.5, 0.6) is 5.75 Å². The van der Waals surface area contributed by atoms with Crippen LogP contribution in [0.25, 0.3) is 0 Å². The summed E-state index contributed by atoms with van der Waals surface area (Å²) in [5, 5.41) is 20.2. The number of hydrogen-bond acceptors (Lipinski definition) is 3. The maximum Gasteiger partial charge on any atom is 0.182 e. The third-order valence-corrected chi connectivity index (χ3v) is 6.18. The van der Waals surface area contributed by atoms with Crippen molar-refractivity contribution in [2.24, 2.45) is 0 Å². The number of carbonyl (C=O) groups excluding carboxylic acids is 1. The average Bonchev–Trinajstić information content (AvgIpc) is 2.88. The zero-order valence-electron chi connectivity index (χ0n) is 18.7. The van der Waals surface area contributed by atoms with Crippen molar-refractivity contribution < 1.29 is 9.90 Å². The lowest BCUT2D eigenvalue weighted by atomic mass is 9.78. The van der Waals surface area contributed by atoms with Crippen molar-refractivity contribution in [2.75, 3.05) is 6.54 Å². The number of aromatic hydroxyl groups is 1. The van der Waals surface area contributed by atoms with Crippen molar-refractivity contribution in [3.8, 4) is 5.75 Å². The van der Waals surface area contributed by atoms with Crippen LogP contribution in [0.2, 0.25) is 10.0 Å². The Hall–Kier alpha value is -1.56. The Kier molecular flexibility index (Phi) is 7.26. The van der Waals surface area contributed by atoms with E-state index in [2.05, 4.69) is 0 Å². The van der Waals surface area contributed by atoms with Gasteiger partial charge in [-0.3, -0.25) is 10.2 Å². The fraction of sp³-hybridized carbons (Fsp3) is 0.417. The number of nitrogens with one attached hydrogen (secondary N) is 1. The lowest BCUT2D eigenvalue weighted by Gasteiger charge is -2.28. The number of phenols is 1. The van der Waals surface area contributed by atoms with E-state index in [9.17, 15) is 9.90 Å². The molecule has 0 spiro atoms. The second-order valence-corrected chi connectivity index (χ2v) is 10.8. The molecule has 0 aliphatic carbocycles. The number of amidine groups is 1. The van der Waals surface area contributed by atoms with Crippen LogP contribution in [0.15, 0.2) is 24.3 Å². The minimum absolute atomic E-state index is 0. The number of benzene rings is 2. The van der Waals surface area contributed by atoms with E-state index in [4.69, 9.17) is 28.6 Å². The molecular formula is C24H29BrCl2N2O2. The fourth-order valence-corrected chi connectivity index (χ4v) is 4.08. The first-order valence-corrected chi connectivity index (χ1v) is 10.7. The van der Waals surface area contributed by atoms with Crippen LogP contribution in [0.4, 0.5) is 0 Å². The summed E-state index contributed by atoms with van der Waals surface area (Å²) in [6.45, 7) is 12.6. The second kappa shape index (κ2) is 8.76. The van der Waals surface area contributed by atoms with Gasteiger partial charge in [0.2, 0.25) is 0 Å². The van der Waals surface area contributed by atoms with E-state index in [1.807, 2.05) is 41.5 Å². The van der Waals surface area contributed by atoms with Gasteiger partial charge in [0.05, 0.1) is 16.6 Å². The van der Waals surface area contributed by atoms with Gasteiger partial charge in [0, 0.05) is 28.8 Å². The van der Waals surface area contributed by atoms with Gasteiger partial charge in [0.15, 0.2) is 5.78 Å². The van der Waals surface area contributed by atoms with Gasteiger partial charge in [-0.05, 0) is 40.7 Å². The van der Waals surface area contributed by atoms with E-state index < -0.39 is 0 Å². The van der Waals surface area contributed by atoms with Crippen LogP contribution in [-0.4, -0.2) is 28.2 Å². The zero-order chi connectivity index (χ0) is 22.6. The predicted octanol–water partition coefficient (Wildman–Crippen LogP) is 6.90. The third kappa shape index (κ3) is 5.10.